The molecule has 9 heteroatoms. The summed E-state index contributed by atoms with van der Waals surface area (Å²) < 4.78 is 22.0. The van der Waals surface area contributed by atoms with Crippen LogP contribution >= 0.6 is 0 Å². The molecule has 1 aromatic heterocycles. The van der Waals surface area contributed by atoms with E-state index in [0.29, 0.717) is 41.0 Å². The average molecular weight is 454 g/mol. The molecule has 2 heterocycles. The van der Waals surface area contributed by atoms with Gasteiger partial charge in [-0.3, -0.25) is 0 Å². The Morgan fingerprint density at radius 3 is 2.26 bits per heavy atom. The lowest BCUT2D eigenvalue weighted by atomic mass is 9.48. The highest BCUT2D eigenvalue weighted by Crippen LogP contribution is 2.48. The standard InChI is InChI=1S/C25H26B3FN2O3/c1-13-12-17-19(15-6-8-16(29)9-7-15)18(22(23(32)33)34-24(3,4)5)14(2)20-21(17)30(13)10-11-31(20)25(26,27)28/h6-9,12,22H,10-11H2,1-5H3,(H,32,33)/t22-/m0/s1. The van der Waals surface area contributed by atoms with Crippen molar-refractivity contribution in [1.82, 2.24) is 4.57 Å². The molecule has 1 N–H and O–H groups in total. The first-order valence-corrected chi connectivity index (χ1v) is 11.2. The zero-order chi connectivity index (χ0) is 25.2. The zero-order valence-electron chi connectivity index (χ0n) is 20.1. The van der Waals surface area contributed by atoms with Crippen LogP contribution in [0.1, 0.15) is 43.7 Å². The lowest BCUT2D eigenvalue weighted by Gasteiger charge is -2.44. The number of aromatic nitrogens is 1. The summed E-state index contributed by atoms with van der Waals surface area (Å²) in [6, 6.07) is 8.03. The maximum atomic E-state index is 13.8. The van der Waals surface area contributed by atoms with Gasteiger partial charge in [0, 0.05) is 29.7 Å². The van der Waals surface area contributed by atoms with E-state index < -0.39 is 22.9 Å². The molecule has 0 aliphatic carbocycles. The molecule has 5 nitrogen and oxygen atoms in total. The van der Waals surface area contributed by atoms with Crippen LogP contribution in [0.3, 0.4) is 0 Å². The molecule has 0 amide bonds. The van der Waals surface area contributed by atoms with Gasteiger partial charge in [0.25, 0.3) is 0 Å². The highest BCUT2D eigenvalue weighted by atomic mass is 19.1. The number of aliphatic carboxylic acids is 1. The number of anilines is 1. The van der Waals surface area contributed by atoms with Crippen LogP contribution < -0.4 is 4.90 Å². The first-order chi connectivity index (χ1) is 15.7. The monoisotopic (exact) mass is 454 g/mol. The van der Waals surface area contributed by atoms with Crippen molar-refractivity contribution in [3.8, 4) is 11.1 Å². The van der Waals surface area contributed by atoms with Gasteiger partial charge < -0.3 is 19.3 Å². The van der Waals surface area contributed by atoms with Crippen molar-refractivity contribution < 1.29 is 19.0 Å². The van der Waals surface area contributed by atoms with E-state index in [1.807, 2.05) is 19.9 Å². The molecule has 0 fully saturated rings. The summed E-state index contributed by atoms with van der Waals surface area (Å²) in [5.41, 5.74) is 4.25. The van der Waals surface area contributed by atoms with Crippen LogP contribution in [0.2, 0.25) is 0 Å². The maximum absolute atomic E-state index is 13.8. The largest absolute Gasteiger partial charge is 0.479 e. The van der Waals surface area contributed by atoms with E-state index in [4.69, 9.17) is 28.3 Å². The predicted molar refractivity (Wildman–Crippen MR) is 135 cm³/mol. The number of benzene rings is 2. The van der Waals surface area contributed by atoms with E-state index >= 15 is 0 Å². The smallest absolute Gasteiger partial charge is 0.337 e. The zero-order valence-corrected chi connectivity index (χ0v) is 20.1. The molecule has 34 heavy (non-hydrogen) atoms. The first kappa shape index (κ1) is 24.5. The van der Waals surface area contributed by atoms with E-state index in [0.717, 1.165) is 16.6 Å². The van der Waals surface area contributed by atoms with E-state index in [-0.39, 0.29) is 5.82 Å². The van der Waals surface area contributed by atoms with Crippen molar-refractivity contribution in [3.63, 3.8) is 0 Å². The van der Waals surface area contributed by atoms with Gasteiger partial charge in [-0.05, 0) is 69.5 Å². The van der Waals surface area contributed by atoms with Crippen LogP contribution in [0.25, 0.3) is 22.0 Å². The van der Waals surface area contributed by atoms with Gasteiger partial charge in [0.05, 0.1) is 40.3 Å². The number of hydrogen-bond acceptors (Lipinski definition) is 3. The normalized spacial score (nSPS) is 15.1. The van der Waals surface area contributed by atoms with Gasteiger partial charge >= 0.3 is 5.97 Å². The van der Waals surface area contributed by atoms with Crippen molar-refractivity contribution in [2.24, 2.45) is 0 Å². The van der Waals surface area contributed by atoms with Crippen LogP contribution in [0.4, 0.5) is 10.1 Å². The maximum Gasteiger partial charge on any atom is 0.337 e. The van der Waals surface area contributed by atoms with Crippen molar-refractivity contribution >= 4 is 46.1 Å². The van der Waals surface area contributed by atoms with Crippen molar-refractivity contribution in [1.29, 1.82) is 0 Å². The molecule has 1 atom stereocenters. The van der Waals surface area contributed by atoms with E-state index in [1.54, 1.807) is 37.8 Å². The van der Waals surface area contributed by atoms with Crippen molar-refractivity contribution in [2.75, 3.05) is 11.4 Å². The minimum Gasteiger partial charge on any atom is -0.479 e. The molecule has 0 saturated carbocycles. The number of carbonyl (C=O) groups is 1. The van der Waals surface area contributed by atoms with Gasteiger partial charge in [-0.15, -0.1) is 0 Å². The summed E-state index contributed by atoms with van der Waals surface area (Å²) in [6.07, 6.45) is -1.30. The summed E-state index contributed by atoms with van der Waals surface area (Å²) in [6.45, 7) is 10.3. The number of ether oxygens (including phenoxy) is 1. The van der Waals surface area contributed by atoms with Crippen molar-refractivity contribution in [2.45, 2.75) is 58.1 Å². The number of nitrogens with zero attached hydrogens (tertiary/aromatic N) is 2. The SMILES string of the molecule is [B]C([B])([B])N1CCn2c(C)cc3c(-c4ccc(F)cc4)c([C@H](OC(C)(C)C)C(=O)O)c(C)c1c32. The van der Waals surface area contributed by atoms with Crippen LogP contribution in [-0.4, -0.2) is 56.6 Å². The third kappa shape index (κ3) is 4.15. The van der Waals surface area contributed by atoms with Crippen LogP contribution in [-0.2, 0) is 16.1 Å². The fourth-order valence-electron chi connectivity index (χ4n) is 4.92. The van der Waals surface area contributed by atoms with Crippen molar-refractivity contribution in [3.05, 3.63) is 53.0 Å². The quantitative estimate of drug-likeness (QED) is 0.594. The third-order valence-corrected chi connectivity index (χ3v) is 6.20. The number of halogens is 1. The van der Waals surface area contributed by atoms with Crippen LogP contribution in [0.15, 0.2) is 30.3 Å². The van der Waals surface area contributed by atoms with Gasteiger partial charge in [-0.25, -0.2) is 9.18 Å². The summed E-state index contributed by atoms with van der Waals surface area (Å²) in [5, 5.41) is 9.44. The van der Waals surface area contributed by atoms with Crippen LogP contribution in [0.5, 0.6) is 0 Å². The van der Waals surface area contributed by atoms with E-state index in [1.165, 1.54) is 12.1 Å². The topological polar surface area (TPSA) is 54.7 Å². The summed E-state index contributed by atoms with van der Waals surface area (Å²) in [7, 11) is 18.5. The number of carboxylic acid groups (broad SMARTS) is 1. The molecule has 0 saturated heterocycles. The highest BCUT2D eigenvalue weighted by Gasteiger charge is 2.37. The Kier molecular flexibility index (Phi) is 5.92. The molecule has 1 aliphatic rings. The number of hydrogen-bond donors (Lipinski definition) is 1. The summed E-state index contributed by atoms with van der Waals surface area (Å²) >= 11 is 0. The summed E-state index contributed by atoms with van der Waals surface area (Å²) in [5.74, 6) is -1.51. The second-order valence-corrected chi connectivity index (χ2v) is 9.96. The third-order valence-electron chi connectivity index (χ3n) is 6.20. The van der Waals surface area contributed by atoms with Gasteiger partial charge in [0.1, 0.15) is 5.82 Å². The minimum absolute atomic E-state index is 0.379. The molecule has 0 spiro atoms. The second-order valence-electron chi connectivity index (χ2n) is 9.96. The number of rotatable bonds is 5. The molecule has 4 rings (SSSR count). The molecular weight excluding hydrogens is 428 g/mol. The summed E-state index contributed by atoms with van der Waals surface area (Å²) in [4.78, 5) is 14.3. The Labute approximate surface area is 203 Å². The lowest BCUT2D eigenvalue weighted by molar-refractivity contribution is -0.160. The van der Waals surface area contributed by atoms with E-state index in [2.05, 4.69) is 4.57 Å². The van der Waals surface area contributed by atoms with Gasteiger partial charge in [0.2, 0.25) is 0 Å². The highest BCUT2D eigenvalue weighted by molar-refractivity contribution is 6.61. The van der Waals surface area contributed by atoms with Gasteiger partial charge in [-0.1, -0.05) is 17.4 Å². The molecule has 3 aromatic rings. The Bertz CT molecular complexity index is 1270. The Morgan fingerprint density at radius 1 is 1.12 bits per heavy atom. The fourth-order valence-corrected chi connectivity index (χ4v) is 4.92. The van der Waals surface area contributed by atoms with E-state index in [9.17, 15) is 14.3 Å². The first-order valence-electron chi connectivity index (χ1n) is 11.2. The molecular formula is C25H26B3FN2O3. The second kappa shape index (κ2) is 8.23. The van der Waals surface area contributed by atoms with Gasteiger partial charge in [0.15, 0.2) is 6.10 Å². The number of carboxylic acids is 1. The average Bonchev–Trinajstić information content (AvgIpc) is 3.05. The molecule has 2 aromatic carbocycles. The predicted octanol–water partition coefficient (Wildman–Crippen LogP) is 3.94. The number of aryl methyl sites for hydroxylation is 1. The van der Waals surface area contributed by atoms with Crippen LogP contribution in [0, 0.1) is 19.7 Å². The minimum atomic E-state index is -1.65. The molecule has 170 valence electrons. The molecule has 1 aliphatic heterocycles. The Hall–Kier alpha value is -2.67. The molecule has 6 radical (unpaired) electrons. The molecule has 0 bridgehead atoms. The lowest BCUT2D eigenvalue weighted by Crippen LogP contribution is -2.54. The van der Waals surface area contributed by atoms with Gasteiger partial charge in [-0.2, -0.15) is 0 Å². The Balaban J connectivity index is 2.19. The fraction of sp³-hybridized carbons (Fsp3) is 0.400. The Morgan fingerprint density at radius 2 is 1.74 bits per heavy atom. The molecule has 0 unspecified atom stereocenters.